The van der Waals surface area contributed by atoms with Crippen LogP contribution >= 0.6 is 11.6 Å². The zero-order chi connectivity index (χ0) is 17.7. The summed E-state index contributed by atoms with van der Waals surface area (Å²) in [6.45, 7) is 5.86. The molecule has 132 valence electrons. The molecule has 3 atom stereocenters. The zero-order valence-electron chi connectivity index (χ0n) is 14.6. The van der Waals surface area contributed by atoms with Gasteiger partial charge < -0.3 is 10.6 Å². The second kappa shape index (κ2) is 8.52. The average molecular weight is 351 g/mol. The first-order valence-corrected chi connectivity index (χ1v) is 9.06. The highest BCUT2D eigenvalue weighted by molar-refractivity contribution is 6.30. The summed E-state index contributed by atoms with van der Waals surface area (Å²) in [5.74, 6) is 0.816. The topological polar surface area (TPSA) is 58.2 Å². The maximum atomic E-state index is 12.5. The fourth-order valence-electron chi connectivity index (χ4n) is 3.59. The van der Waals surface area contributed by atoms with Gasteiger partial charge in [-0.2, -0.15) is 0 Å². The van der Waals surface area contributed by atoms with Crippen molar-refractivity contribution in [3.63, 3.8) is 0 Å². The van der Waals surface area contributed by atoms with Crippen LogP contribution in [0.1, 0.15) is 58.1 Å². The summed E-state index contributed by atoms with van der Waals surface area (Å²) >= 11 is 5.92. The van der Waals surface area contributed by atoms with Gasteiger partial charge in [0.05, 0.1) is 12.5 Å². The Morgan fingerprint density at radius 2 is 1.75 bits per heavy atom. The van der Waals surface area contributed by atoms with Crippen molar-refractivity contribution >= 4 is 23.4 Å². The zero-order valence-corrected chi connectivity index (χ0v) is 15.4. The second-order valence-electron chi connectivity index (χ2n) is 6.99. The summed E-state index contributed by atoms with van der Waals surface area (Å²) in [5.41, 5.74) is 0.884. The third kappa shape index (κ3) is 5.23. The number of halogens is 1. The van der Waals surface area contributed by atoms with Crippen molar-refractivity contribution in [1.29, 1.82) is 0 Å². The molecular formula is C19H27ClN2O2. The fourth-order valence-corrected chi connectivity index (χ4v) is 3.72. The quantitative estimate of drug-likeness (QED) is 0.847. The number of nitrogens with one attached hydrogen (secondary N) is 2. The molecule has 0 saturated heterocycles. The second-order valence-corrected chi connectivity index (χ2v) is 7.42. The Balaban J connectivity index is 2.04. The van der Waals surface area contributed by atoms with Crippen molar-refractivity contribution in [2.45, 2.75) is 58.5 Å². The van der Waals surface area contributed by atoms with E-state index in [1.807, 2.05) is 12.1 Å². The Bertz CT molecular complexity index is 563. The van der Waals surface area contributed by atoms with Gasteiger partial charge in [0.25, 0.3) is 0 Å². The van der Waals surface area contributed by atoms with Gasteiger partial charge in [-0.05, 0) is 42.4 Å². The van der Waals surface area contributed by atoms with Crippen molar-refractivity contribution in [3.05, 3.63) is 34.9 Å². The Morgan fingerprint density at radius 3 is 2.29 bits per heavy atom. The van der Waals surface area contributed by atoms with E-state index in [1.54, 1.807) is 12.1 Å². The van der Waals surface area contributed by atoms with Crippen LogP contribution in [0, 0.1) is 11.8 Å². The molecule has 0 heterocycles. The van der Waals surface area contributed by atoms with Crippen molar-refractivity contribution in [3.8, 4) is 0 Å². The van der Waals surface area contributed by atoms with Gasteiger partial charge in [0.2, 0.25) is 11.8 Å². The first-order chi connectivity index (χ1) is 11.4. The molecule has 0 spiro atoms. The Morgan fingerprint density at radius 1 is 1.17 bits per heavy atom. The van der Waals surface area contributed by atoms with Crippen LogP contribution in [0.2, 0.25) is 5.02 Å². The summed E-state index contributed by atoms with van der Waals surface area (Å²) in [5, 5.41) is 6.68. The van der Waals surface area contributed by atoms with Gasteiger partial charge in [-0.1, -0.05) is 44.0 Å². The summed E-state index contributed by atoms with van der Waals surface area (Å²) < 4.78 is 0. The lowest BCUT2D eigenvalue weighted by molar-refractivity contribution is -0.124. The van der Waals surface area contributed by atoms with Gasteiger partial charge in [0, 0.05) is 18.0 Å². The van der Waals surface area contributed by atoms with E-state index < -0.39 is 0 Å². The van der Waals surface area contributed by atoms with Crippen LogP contribution in [-0.2, 0) is 9.59 Å². The van der Waals surface area contributed by atoms with Gasteiger partial charge in [-0.25, -0.2) is 0 Å². The first-order valence-electron chi connectivity index (χ1n) is 8.68. The van der Waals surface area contributed by atoms with Gasteiger partial charge in [0.1, 0.15) is 0 Å². The smallest absolute Gasteiger partial charge is 0.222 e. The van der Waals surface area contributed by atoms with E-state index in [9.17, 15) is 9.59 Å². The van der Waals surface area contributed by atoms with E-state index in [-0.39, 0.29) is 30.3 Å². The maximum Gasteiger partial charge on any atom is 0.222 e. The molecule has 1 saturated carbocycles. The number of hydrogen-bond donors (Lipinski definition) is 2. The average Bonchev–Trinajstić information content (AvgIpc) is 2.51. The highest BCUT2D eigenvalue weighted by atomic mass is 35.5. The van der Waals surface area contributed by atoms with Crippen molar-refractivity contribution in [2.24, 2.45) is 11.8 Å². The van der Waals surface area contributed by atoms with Crippen LogP contribution in [0.3, 0.4) is 0 Å². The number of hydrogen-bond acceptors (Lipinski definition) is 2. The lowest BCUT2D eigenvalue weighted by atomic mass is 9.78. The third-order valence-electron chi connectivity index (χ3n) is 4.91. The minimum Gasteiger partial charge on any atom is -0.353 e. The van der Waals surface area contributed by atoms with Crippen LogP contribution in [0.15, 0.2) is 24.3 Å². The van der Waals surface area contributed by atoms with Crippen LogP contribution in [0.25, 0.3) is 0 Å². The number of amides is 2. The summed E-state index contributed by atoms with van der Waals surface area (Å²) in [4.78, 5) is 24.0. The molecule has 0 bridgehead atoms. The van der Waals surface area contributed by atoms with E-state index in [2.05, 4.69) is 24.5 Å². The van der Waals surface area contributed by atoms with Crippen LogP contribution in [0.4, 0.5) is 0 Å². The predicted octanol–water partition coefficient (Wildman–Crippen LogP) is 3.85. The molecule has 1 aliphatic carbocycles. The van der Waals surface area contributed by atoms with Crippen molar-refractivity contribution in [2.75, 3.05) is 0 Å². The minimum absolute atomic E-state index is 0.0192. The van der Waals surface area contributed by atoms with Crippen LogP contribution in [-0.4, -0.2) is 17.9 Å². The Kier molecular flexibility index (Phi) is 6.67. The van der Waals surface area contributed by atoms with Crippen molar-refractivity contribution in [1.82, 2.24) is 10.6 Å². The summed E-state index contributed by atoms with van der Waals surface area (Å²) in [7, 11) is 0. The minimum atomic E-state index is -0.339. The van der Waals surface area contributed by atoms with E-state index in [0.717, 1.165) is 18.4 Å². The molecular weight excluding hydrogens is 324 g/mol. The normalized spacial score (nSPS) is 24.9. The van der Waals surface area contributed by atoms with E-state index in [1.165, 1.54) is 13.3 Å². The highest BCUT2D eigenvalue weighted by Crippen LogP contribution is 2.29. The lowest BCUT2D eigenvalue weighted by Gasteiger charge is -2.35. The molecule has 0 radical (unpaired) electrons. The molecule has 3 unspecified atom stereocenters. The number of benzene rings is 1. The number of rotatable bonds is 5. The standard InChI is InChI=1S/C19H27ClN2O2/c1-12-5-4-6-13(2)19(12)22-18(24)11-17(21-14(3)23)15-7-9-16(20)10-8-15/h7-10,12-13,17,19H,4-6,11H2,1-3H3,(H,21,23)(H,22,24). The van der Waals surface area contributed by atoms with Gasteiger partial charge in [-0.3, -0.25) is 9.59 Å². The Labute approximate surface area is 149 Å². The van der Waals surface area contributed by atoms with Crippen molar-refractivity contribution < 1.29 is 9.59 Å². The third-order valence-corrected chi connectivity index (χ3v) is 5.16. The van der Waals surface area contributed by atoms with Crippen LogP contribution in [0.5, 0.6) is 0 Å². The molecule has 2 rings (SSSR count). The molecule has 2 N–H and O–H groups in total. The molecule has 1 aromatic rings. The van der Waals surface area contributed by atoms with Gasteiger partial charge >= 0.3 is 0 Å². The van der Waals surface area contributed by atoms with E-state index in [4.69, 9.17) is 11.6 Å². The highest BCUT2D eigenvalue weighted by Gasteiger charge is 2.29. The predicted molar refractivity (Wildman–Crippen MR) is 96.7 cm³/mol. The van der Waals surface area contributed by atoms with Crippen LogP contribution < -0.4 is 10.6 Å². The molecule has 5 heteroatoms. The molecule has 24 heavy (non-hydrogen) atoms. The molecule has 0 aromatic heterocycles. The summed E-state index contributed by atoms with van der Waals surface area (Å²) in [6.07, 6.45) is 3.77. The maximum absolute atomic E-state index is 12.5. The molecule has 0 aliphatic heterocycles. The van der Waals surface area contributed by atoms with E-state index in [0.29, 0.717) is 16.9 Å². The van der Waals surface area contributed by atoms with Gasteiger partial charge in [-0.15, -0.1) is 0 Å². The summed E-state index contributed by atoms with van der Waals surface area (Å²) in [6, 6.07) is 7.12. The largest absolute Gasteiger partial charge is 0.353 e. The number of carbonyl (C=O) groups excluding carboxylic acids is 2. The molecule has 4 nitrogen and oxygen atoms in total. The lowest BCUT2D eigenvalue weighted by Crippen LogP contribution is -2.46. The molecule has 1 aliphatic rings. The first kappa shape index (κ1) is 18.8. The monoisotopic (exact) mass is 350 g/mol. The molecule has 1 aromatic carbocycles. The number of carbonyl (C=O) groups is 2. The fraction of sp³-hybridized carbons (Fsp3) is 0.579. The molecule has 1 fully saturated rings. The molecule has 2 amide bonds. The van der Waals surface area contributed by atoms with Gasteiger partial charge in [0.15, 0.2) is 0 Å². The van der Waals surface area contributed by atoms with E-state index >= 15 is 0 Å². The Hall–Kier alpha value is -1.55. The SMILES string of the molecule is CC(=O)NC(CC(=O)NC1C(C)CCCC1C)c1ccc(Cl)cc1.